The fraction of sp³-hybridized carbons (Fsp3) is 0.875. The monoisotopic (exact) mass is 171 g/mol. The molecule has 0 aromatic heterocycles. The molecule has 68 valence electrons. The molecule has 0 spiro atoms. The van der Waals surface area contributed by atoms with Crippen molar-refractivity contribution in [2.24, 2.45) is 5.92 Å². The minimum atomic E-state index is -0.647. The van der Waals surface area contributed by atoms with Gasteiger partial charge in [0.1, 0.15) is 0 Å². The average Bonchev–Trinajstić information content (AvgIpc) is 2.84. The third-order valence-corrected chi connectivity index (χ3v) is 2.59. The number of hydrogen-bond acceptors (Lipinski definition) is 3. The lowest BCUT2D eigenvalue weighted by molar-refractivity contribution is -0.139. The van der Waals surface area contributed by atoms with Crippen molar-refractivity contribution in [3.05, 3.63) is 0 Å². The smallest absolute Gasteiger partial charge is 0.308 e. The van der Waals surface area contributed by atoms with E-state index in [9.17, 15) is 4.79 Å². The molecule has 0 bridgehead atoms. The maximum Gasteiger partial charge on any atom is 0.308 e. The Labute approximate surface area is 71.1 Å². The van der Waals surface area contributed by atoms with Gasteiger partial charge in [0, 0.05) is 19.1 Å². The number of rotatable bonds is 2. The number of aliphatic carboxylic acids is 1. The van der Waals surface area contributed by atoms with Gasteiger partial charge in [-0.05, 0) is 6.42 Å². The van der Waals surface area contributed by atoms with Gasteiger partial charge in [-0.3, -0.25) is 9.69 Å². The van der Waals surface area contributed by atoms with Gasteiger partial charge in [-0.2, -0.15) is 0 Å². The van der Waals surface area contributed by atoms with Crippen molar-refractivity contribution < 1.29 is 14.6 Å². The van der Waals surface area contributed by atoms with Crippen LogP contribution in [0, 0.1) is 5.92 Å². The van der Waals surface area contributed by atoms with Gasteiger partial charge >= 0.3 is 5.97 Å². The summed E-state index contributed by atoms with van der Waals surface area (Å²) < 4.78 is 5.18. The van der Waals surface area contributed by atoms with Crippen molar-refractivity contribution in [2.45, 2.75) is 12.5 Å². The topological polar surface area (TPSA) is 49.8 Å². The summed E-state index contributed by atoms with van der Waals surface area (Å²) in [4.78, 5) is 12.8. The van der Waals surface area contributed by atoms with E-state index < -0.39 is 5.97 Å². The molecule has 0 aromatic carbocycles. The number of morpholine rings is 1. The molecule has 4 heteroatoms. The largest absolute Gasteiger partial charge is 0.481 e. The SMILES string of the molecule is O=C(O)C1CC1N1CCOCC1. The van der Waals surface area contributed by atoms with Crippen molar-refractivity contribution in [2.75, 3.05) is 26.3 Å². The Balaban J connectivity index is 1.83. The molecule has 1 aliphatic carbocycles. The summed E-state index contributed by atoms with van der Waals surface area (Å²) in [6.07, 6.45) is 0.829. The summed E-state index contributed by atoms with van der Waals surface area (Å²) in [6.45, 7) is 3.30. The van der Waals surface area contributed by atoms with Crippen molar-refractivity contribution in [3.63, 3.8) is 0 Å². The van der Waals surface area contributed by atoms with E-state index in [1.807, 2.05) is 0 Å². The number of nitrogens with zero attached hydrogens (tertiary/aromatic N) is 1. The predicted molar refractivity (Wildman–Crippen MR) is 41.9 cm³/mol. The first-order valence-electron chi connectivity index (χ1n) is 4.33. The maximum atomic E-state index is 10.6. The highest BCUT2D eigenvalue weighted by molar-refractivity contribution is 5.74. The fourth-order valence-electron chi connectivity index (χ4n) is 1.76. The molecule has 0 aromatic rings. The third kappa shape index (κ3) is 1.44. The molecule has 2 rings (SSSR count). The highest BCUT2D eigenvalue weighted by atomic mass is 16.5. The molecule has 2 fully saturated rings. The summed E-state index contributed by atoms with van der Waals surface area (Å²) in [5.41, 5.74) is 0. The van der Waals surface area contributed by atoms with Crippen LogP contribution < -0.4 is 0 Å². The summed E-state index contributed by atoms with van der Waals surface area (Å²) in [7, 11) is 0. The molecular weight excluding hydrogens is 158 g/mol. The normalized spacial score (nSPS) is 36.3. The number of carbonyl (C=O) groups is 1. The van der Waals surface area contributed by atoms with Gasteiger partial charge in [-0.25, -0.2) is 0 Å². The summed E-state index contributed by atoms with van der Waals surface area (Å²) in [5, 5.41) is 8.70. The molecule has 1 saturated carbocycles. The second kappa shape index (κ2) is 3.03. The van der Waals surface area contributed by atoms with E-state index in [2.05, 4.69) is 4.90 Å². The van der Waals surface area contributed by atoms with Crippen molar-refractivity contribution in [1.29, 1.82) is 0 Å². The van der Waals surface area contributed by atoms with Gasteiger partial charge in [-0.15, -0.1) is 0 Å². The zero-order valence-electron chi connectivity index (χ0n) is 6.90. The van der Waals surface area contributed by atoms with Crippen LogP contribution in [0.5, 0.6) is 0 Å². The fourth-order valence-corrected chi connectivity index (χ4v) is 1.76. The Morgan fingerprint density at radius 2 is 2.08 bits per heavy atom. The molecule has 1 aliphatic heterocycles. The molecule has 1 N–H and O–H groups in total. The minimum Gasteiger partial charge on any atom is -0.481 e. The Morgan fingerprint density at radius 3 is 2.58 bits per heavy atom. The van der Waals surface area contributed by atoms with Crippen molar-refractivity contribution in [1.82, 2.24) is 4.90 Å². The quantitative estimate of drug-likeness (QED) is 0.624. The maximum absolute atomic E-state index is 10.6. The van der Waals surface area contributed by atoms with Gasteiger partial charge in [0.25, 0.3) is 0 Å². The highest BCUT2D eigenvalue weighted by Gasteiger charge is 2.47. The second-order valence-corrected chi connectivity index (χ2v) is 3.40. The van der Waals surface area contributed by atoms with Crippen LogP contribution in [0.25, 0.3) is 0 Å². The average molecular weight is 171 g/mol. The first-order chi connectivity index (χ1) is 5.79. The molecular formula is C8H13NO3. The Kier molecular flexibility index (Phi) is 2.02. The Morgan fingerprint density at radius 1 is 1.42 bits per heavy atom. The zero-order valence-corrected chi connectivity index (χ0v) is 6.90. The molecule has 4 nitrogen and oxygen atoms in total. The van der Waals surface area contributed by atoms with Crippen LogP contribution in [0.4, 0.5) is 0 Å². The lowest BCUT2D eigenvalue weighted by atomic mass is 10.3. The van der Waals surface area contributed by atoms with E-state index in [0.717, 1.165) is 32.7 Å². The molecule has 2 unspecified atom stereocenters. The van der Waals surface area contributed by atoms with E-state index in [1.165, 1.54) is 0 Å². The van der Waals surface area contributed by atoms with Crippen molar-refractivity contribution in [3.8, 4) is 0 Å². The molecule has 2 aliphatic rings. The summed E-state index contributed by atoms with van der Waals surface area (Å²) in [6, 6.07) is 0.298. The van der Waals surface area contributed by atoms with E-state index in [4.69, 9.17) is 9.84 Å². The van der Waals surface area contributed by atoms with Crippen molar-refractivity contribution >= 4 is 5.97 Å². The first-order valence-corrected chi connectivity index (χ1v) is 4.33. The van der Waals surface area contributed by atoms with Crippen LogP contribution in [0.1, 0.15) is 6.42 Å². The van der Waals surface area contributed by atoms with E-state index >= 15 is 0 Å². The van der Waals surface area contributed by atoms with E-state index in [0.29, 0.717) is 6.04 Å². The van der Waals surface area contributed by atoms with Crippen LogP contribution in [0.2, 0.25) is 0 Å². The van der Waals surface area contributed by atoms with Gasteiger partial charge in [-0.1, -0.05) is 0 Å². The number of carboxylic acid groups (broad SMARTS) is 1. The van der Waals surface area contributed by atoms with E-state index in [1.54, 1.807) is 0 Å². The summed E-state index contributed by atoms with van der Waals surface area (Å²) >= 11 is 0. The minimum absolute atomic E-state index is 0.108. The molecule has 2 atom stereocenters. The van der Waals surface area contributed by atoms with Gasteiger partial charge in [0.2, 0.25) is 0 Å². The number of ether oxygens (including phenoxy) is 1. The third-order valence-electron chi connectivity index (χ3n) is 2.59. The lowest BCUT2D eigenvalue weighted by Crippen LogP contribution is -2.39. The van der Waals surface area contributed by atoms with Gasteiger partial charge < -0.3 is 9.84 Å². The van der Waals surface area contributed by atoms with Gasteiger partial charge in [0.15, 0.2) is 0 Å². The standard InChI is InChI=1S/C8H13NO3/c10-8(11)6-5-7(6)9-1-3-12-4-2-9/h6-7H,1-5H2,(H,10,11). The van der Waals surface area contributed by atoms with Crippen LogP contribution in [-0.2, 0) is 9.53 Å². The molecule has 0 radical (unpaired) electrons. The van der Waals surface area contributed by atoms with Crippen LogP contribution in [0.3, 0.4) is 0 Å². The van der Waals surface area contributed by atoms with Crippen LogP contribution in [-0.4, -0.2) is 48.3 Å². The van der Waals surface area contributed by atoms with Crippen LogP contribution in [0.15, 0.2) is 0 Å². The predicted octanol–water partition coefficient (Wildman–Crippen LogP) is -0.208. The van der Waals surface area contributed by atoms with Gasteiger partial charge in [0.05, 0.1) is 19.1 Å². The molecule has 0 amide bonds. The van der Waals surface area contributed by atoms with E-state index in [-0.39, 0.29) is 5.92 Å². The Hall–Kier alpha value is -0.610. The second-order valence-electron chi connectivity index (χ2n) is 3.40. The number of carboxylic acids is 1. The highest BCUT2D eigenvalue weighted by Crippen LogP contribution is 2.35. The lowest BCUT2D eigenvalue weighted by Gasteiger charge is -2.26. The van der Waals surface area contributed by atoms with Crippen LogP contribution >= 0.6 is 0 Å². The first kappa shape index (κ1) is 8.01. The molecule has 1 saturated heterocycles. The number of hydrogen-bond donors (Lipinski definition) is 1. The zero-order chi connectivity index (χ0) is 8.55. The summed E-state index contributed by atoms with van der Waals surface area (Å²) in [5.74, 6) is -0.755. The molecule has 12 heavy (non-hydrogen) atoms. The Bertz CT molecular complexity index is 189. The molecule has 1 heterocycles.